The number of aromatic nitrogens is 3. The Kier molecular flexibility index (Phi) is 8.74. The Balaban J connectivity index is 1.94. The van der Waals surface area contributed by atoms with Crippen molar-refractivity contribution in [2.24, 2.45) is 12.0 Å². The number of nitrogens with zero attached hydrogens (tertiary/aromatic N) is 4. The molecule has 0 radical (unpaired) electrons. The number of methoxy groups -OCH3 is 2. The highest BCUT2D eigenvalue weighted by Crippen LogP contribution is 2.18. The molecule has 0 unspecified atom stereocenters. The first kappa shape index (κ1) is 21.7. The van der Waals surface area contributed by atoms with Crippen molar-refractivity contribution in [3.8, 4) is 5.75 Å². The molecule has 0 aliphatic rings. The third-order valence-corrected chi connectivity index (χ3v) is 4.56. The van der Waals surface area contributed by atoms with Crippen LogP contribution in [-0.4, -0.2) is 54.6 Å². The first-order valence-corrected chi connectivity index (χ1v) is 9.54. The standard InChI is InChI=1S/C20H32N6O2/c1-15-7-8-17(13-18(15)28-5)9-11-22-20(21-10-6-12-27-4)23-14-19-25-24-16(2)26(19)3/h7-8,13H,6,9-12,14H2,1-5H3,(H2,21,22,23). The summed E-state index contributed by atoms with van der Waals surface area (Å²) in [6, 6.07) is 6.30. The van der Waals surface area contributed by atoms with E-state index in [-0.39, 0.29) is 0 Å². The van der Waals surface area contributed by atoms with Crippen LogP contribution < -0.4 is 15.4 Å². The molecule has 8 nitrogen and oxygen atoms in total. The number of hydrogen-bond donors (Lipinski definition) is 2. The van der Waals surface area contributed by atoms with Crippen molar-refractivity contribution in [2.45, 2.75) is 33.2 Å². The summed E-state index contributed by atoms with van der Waals surface area (Å²) in [6.07, 6.45) is 1.79. The summed E-state index contributed by atoms with van der Waals surface area (Å²) in [4.78, 5) is 4.65. The molecule has 2 rings (SSSR count). The highest BCUT2D eigenvalue weighted by molar-refractivity contribution is 5.79. The van der Waals surface area contributed by atoms with Gasteiger partial charge in [-0.1, -0.05) is 12.1 Å². The summed E-state index contributed by atoms with van der Waals surface area (Å²) < 4.78 is 12.5. The molecule has 2 N–H and O–H groups in total. The molecule has 8 heteroatoms. The Labute approximate surface area is 167 Å². The molecule has 0 spiro atoms. The Morgan fingerprint density at radius 2 is 1.93 bits per heavy atom. The van der Waals surface area contributed by atoms with Gasteiger partial charge in [-0.15, -0.1) is 10.2 Å². The number of rotatable bonds is 10. The monoisotopic (exact) mass is 388 g/mol. The van der Waals surface area contributed by atoms with Gasteiger partial charge in [-0.05, 0) is 43.9 Å². The SMILES string of the molecule is COCCCNC(=NCc1nnc(C)n1C)NCCc1ccc(C)c(OC)c1. The van der Waals surface area contributed by atoms with E-state index >= 15 is 0 Å². The Morgan fingerprint density at radius 1 is 1.14 bits per heavy atom. The molecule has 0 aliphatic carbocycles. The Morgan fingerprint density at radius 3 is 2.61 bits per heavy atom. The second kappa shape index (κ2) is 11.3. The molecule has 0 saturated heterocycles. The predicted octanol–water partition coefficient (Wildman–Crippen LogP) is 1.75. The van der Waals surface area contributed by atoms with Gasteiger partial charge in [-0.2, -0.15) is 0 Å². The van der Waals surface area contributed by atoms with Crippen LogP contribution in [0.3, 0.4) is 0 Å². The normalized spacial score (nSPS) is 11.5. The Bertz CT molecular complexity index is 772. The van der Waals surface area contributed by atoms with Crippen molar-refractivity contribution < 1.29 is 9.47 Å². The fourth-order valence-corrected chi connectivity index (χ4v) is 2.68. The molecule has 0 bridgehead atoms. The van der Waals surface area contributed by atoms with Crippen LogP contribution in [-0.2, 0) is 24.8 Å². The summed E-state index contributed by atoms with van der Waals surface area (Å²) in [5, 5.41) is 15.0. The van der Waals surface area contributed by atoms with Crippen molar-refractivity contribution in [2.75, 3.05) is 33.9 Å². The predicted molar refractivity (Wildman–Crippen MR) is 111 cm³/mol. The number of aryl methyl sites for hydroxylation is 2. The van der Waals surface area contributed by atoms with E-state index in [0.29, 0.717) is 13.2 Å². The topological polar surface area (TPSA) is 85.6 Å². The van der Waals surface area contributed by atoms with Crippen LogP contribution in [0.4, 0.5) is 0 Å². The summed E-state index contributed by atoms with van der Waals surface area (Å²) in [5.41, 5.74) is 2.36. The lowest BCUT2D eigenvalue weighted by molar-refractivity contribution is 0.195. The van der Waals surface area contributed by atoms with Crippen molar-refractivity contribution in [3.63, 3.8) is 0 Å². The molecule has 0 atom stereocenters. The molecule has 0 aliphatic heterocycles. The highest BCUT2D eigenvalue weighted by Gasteiger charge is 2.06. The Hall–Kier alpha value is -2.61. The number of aliphatic imine (C=N–C) groups is 1. The van der Waals surface area contributed by atoms with Crippen molar-refractivity contribution in [1.82, 2.24) is 25.4 Å². The van der Waals surface area contributed by atoms with Gasteiger partial charge in [0.05, 0.1) is 7.11 Å². The molecule has 1 aromatic carbocycles. The van der Waals surface area contributed by atoms with E-state index < -0.39 is 0 Å². The maximum atomic E-state index is 5.41. The van der Waals surface area contributed by atoms with Gasteiger partial charge >= 0.3 is 0 Å². The van der Waals surface area contributed by atoms with E-state index in [2.05, 4.69) is 44.0 Å². The van der Waals surface area contributed by atoms with Gasteiger partial charge in [0, 0.05) is 33.9 Å². The van der Waals surface area contributed by atoms with Gasteiger partial charge in [0.15, 0.2) is 11.8 Å². The quantitative estimate of drug-likeness (QED) is 0.366. The molecule has 0 amide bonds. The minimum absolute atomic E-state index is 0.468. The summed E-state index contributed by atoms with van der Waals surface area (Å²) in [5.74, 6) is 3.39. The minimum Gasteiger partial charge on any atom is -0.496 e. The van der Waals surface area contributed by atoms with Crippen LogP contribution >= 0.6 is 0 Å². The molecule has 1 aromatic heterocycles. The first-order valence-electron chi connectivity index (χ1n) is 9.54. The zero-order chi connectivity index (χ0) is 20.4. The lowest BCUT2D eigenvalue weighted by atomic mass is 10.1. The number of benzene rings is 1. The fourth-order valence-electron chi connectivity index (χ4n) is 2.68. The summed E-state index contributed by atoms with van der Waals surface area (Å²) >= 11 is 0. The lowest BCUT2D eigenvalue weighted by Gasteiger charge is -2.13. The van der Waals surface area contributed by atoms with Gasteiger partial charge in [0.1, 0.15) is 18.1 Å². The maximum Gasteiger partial charge on any atom is 0.191 e. The largest absolute Gasteiger partial charge is 0.496 e. The van der Waals surface area contributed by atoms with Crippen molar-refractivity contribution >= 4 is 5.96 Å². The molecule has 0 saturated carbocycles. The first-order chi connectivity index (χ1) is 13.5. The van der Waals surface area contributed by atoms with E-state index in [0.717, 1.165) is 54.9 Å². The van der Waals surface area contributed by atoms with E-state index in [1.807, 2.05) is 25.5 Å². The molecule has 154 valence electrons. The number of guanidine groups is 1. The smallest absolute Gasteiger partial charge is 0.191 e. The highest BCUT2D eigenvalue weighted by atomic mass is 16.5. The second-order valence-electron chi connectivity index (χ2n) is 6.64. The number of nitrogens with one attached hydrogen (secondary N) is 2. The minimum atomic E-state index is 0.468. The van der Waals surface area contributed by atoms with E-state index in [1.165, 1.54) is 5.56 Å². The van der Waals surface area contributed by atoms with Crippen molar-refractivity contribution in [1.29, 1.82) is 0 Å². The third-order valence-electron chi connectivity index (χ3n) is 4.56. The zero-order valence-corrected chi connectivity index (χ0v) is 17.6. The fraction of sp³-hybridized carbons (Fsp3) is 0.550. The summed E-state index contributed by atoms with van der Waals surface area (Å²) in [6.45, 7) is 6.71. The van der Waals surface area contributed by atoms with Crippen LogP contribution in [0.5, 0.6) is 5.75 Å². The lowest BCUT2D eigenvalue weighted by Crippen LogP contribution is -2.39. The zero-order valence-electron chi connectivity index (χ0n) is 17.6. The van der Waals surface area contributed by atoms with Gasteiger partial charge in [-0.3, -0.25) is 0 Å². The molecule has 28 heavy (non-hydrogen) atoms. The second-order valence-corrected chi connectivity index (χ2v) is 6.64. The average molecular weight is 389 g/mol. The van der Waals surface area contributed by atoms with Crippen LogP contribution in [0.1, 0.15) is 29.2 Å². The van der Waals surface area contributed by atoms with Crippen LogP contribution in [0, 0.1) is 13.8 Å². The van der Waals surface area contributed by atoms with E-state index in [4.69, 9.17) is 9.47 Å². The van der Waals surface area contributed by atoms with E-state index in [9.17, 15) is 0 Å². The van der Waals surface area contributed by atoms with Gasteiger partial charge in [0.25, 0.3) is 0 Å². The number of hydrogen-bond acceptors (Lipinski definition) is 5. The van der Waals surface area contributed by atoms with Gasteiger partial charge in [-0.25, -0.2) is 4.99 Å². The van der Waals surface area contributed by atoms with E-state index in [1.54, 1.807) is 14.2 Å². The molecule has 1 heterocycles. The molecule has 2 aromatic rings. The summed E-state index contributed by atoms with van der Waals surface area (Å²) in [7, 11) is 5.36. The molecular weight excluding hydrogens is 356 g/mol. The maximum absolute atomic E-state index is 5.41. The number of ether oxygens (including phenoxy) is 2. The molecule has 0 fully saturated rings. The van der Waals surface area contributed by atoms with Crippen LogP contribution in [0.2, 0.25) is 0 Å². The van der Waals surface area contributed by atoms with Crippen molar-refractivity contribution in [3.05, 3.63) is 41.0 Å². The third kappa shape index (κ3) is 6.53. The van der Waals surface area contributed by atoms with Crippen LogP contribution in [0.25, 0.3) is 0 Å². The average Bonchev–Trinajstić information content (AvgIpc) is 3.02. The molecular formula is C20H32N6O2. The van der Waals surface area contributed by atoms with Crippen LogP contribution in [0.15, 0.2) is 23.2 Å². The van der Waals surface area contributed by atoms with Gasteiger partial charge < -0.3 is 24.7 Å². The van der Waals surface area contributed by atoms with Gasteiger partial charge in [0.2, 0.25) is 0 Å².